The summed E-state index contributed by atoms with van der Waals surface area (Å²) in [5.74, 6) is -1.97. The molecule has 230 valence electrons. The van der Waals surface area contributed by atoms with Crippen molar-refractivity contribution in [3.05, 3.63) is 70.8 Å². The van der Waals surface area contributed by atoms with Gasteiger partial charge in [-0.15, -0.1) is 0 Å². The number of benzene rings is 2. The number of likely N-dealkylation sites (N-methyl/N-ethyl adjacent to an activating group) is 1. The third-order valence-corrected chi connectivity index (χ3v) is 6.17. The predicted molar refractivity (Wildman–Crippen MR) is 160 cm³/mol. The molecule has 0 radical (unpaired) electrons. The van der Waals surface area contributed by atoms with Gasteiger partial charge in [-0.05, 0) is 72.1 Å². The Labute approximate surface area is 248 Å². The summed E-state index contributed by atoms with van der Waals surface area (Å²) in [6, 6.07) is 11.0. The van der Waals surface area contributed by atoms with Crippen LogP contribution in [0, 0.1) is 13.8 Å². The molecule has 2 aromatic carbocycles. The molecule has 0 aliphatic rings. The minimum Gasteiger partial charge on any atom is -0.458 e. The maximum atomic E-state index is 14.0. The molecule has 0 aliphatic heterocycles. The van der Waals surface area contributed by atoms with E-state index in [0.717, 1.165) is 21.6 Å². The Morgan fingerprint density at radius 2 is 1.45 bits per heavy atom. The second kappa shape index (κ2) is 14.3. The minimum absolute atomic E-state index is 0.165. The maximum absolute atomic E-state index is 14.0. The van der Waals surface area contributed by atoms with Crippen LogP contribution in [-0.2, 0) is 30.3 Å². The van der Waals surface area contributed by atoms with Gasteiger partial charge in [-0.2, -0.15) is 0 Å². The van der Waals surface area contributed by atoms with Gasteiger partial charge in [0.25, 0.3) is 0 Å². The van der Waals surface area contributed by atoms with Gasteiger partial charge in [0.2, 0.25) is 11.8 Å². The fourth-order valence-corrected chi connectivity index (χ4v) is 4.33. The Kier molecular flexibility index (Phi) is 11.7. The second-order valence-electron chi connectivity index (χ2n) is 12.4. The fraction of sp³-hybridized carbons (Fsp3) is 0.500. The molecule has 3 N–H and O–H groups in total. The fourth-order valence-electron chi connectivity index (χ4n) is 4.33. The van der Waals surface area contributed by atoms with Crippen molar-refractivity contribution >= 4 is 23.9 Å². The maximum Gasteiger partial charge on any atom is 0.408 e. The van der Waals surface area contributed by atoms with E-state index in [1.54, 1.807) is 47.6 Å². The zero-order valence-electron chi connectivity index (χ0n) is 26.1. The van der Waals surface area contributed by atoms with Crippen molar-refractivity contribution in [3.8, 4) is 0 Å². The molecule has 10 heteroatoms. The number of rotatable bonds is 10. The first-order valence-electron chi connectivity index (χ1n) is 13.9. The number of aliphatic hydroxyl groups excluding tert-OH is 1. The summed E-state index contributed by atoms with van der Waals surface area (Å²) in [4.78, 5) is 54.4. The van der Waals surface area contributed by atoms with Gasteiger partial charge in [0, 0.05) is 13.5 Å². The first kappa shape index (κ1) is 34.3. The number of alkyl carbamates (subject to hydrolysis) is 1. The van der Waals surface area contributed by atoms with Crippen molar-refractivity contribution in [2.45, 2.75) is 91.1 Å². The number of nitrogens with zero attached hydrogens (tertiary/aromatic N) is 1. The van der Waals surface area contributed by atoms with Crippen LogP contribution in [0.4, 0.5) is 4.79 Å². The highest BCUT2D eigenvalue weighted by Gasteiger charge is 2.37. The molecule has 0 aliphatic carbocycles. The number of esters is 1. The average Bonchev–Trinajstić information content (AvgIpc) is 2.86. The van der Waals surface area contributed by atoms with Crippen molar-refractivity contribution in [2.24, 2.45) is 0 Å². The molecule has 0 saturated carbocycles. The molecule has 0 spiro atoms. The summed E-state index contributed by atoms with van der Waals surface area (Å²) in [6.45, 7) is 13.2. The number of carbonyl (C=O) groups excluding carboxylic acids is 4. The van der Waals surface area contributed by atoms with E-state index >= 15 is 0 Å². The molecule has 0 saturated heterocycles. The molecule has 0 bridgehead atoms. The Balaban J connectivity index is 2.46. The predicted octanol–water partition coefficient (Wildman–Crippen LogP) is 3.76. The number of aryl methyl sites for hydroxylation is 2. The van der Waals surface area contributed by atoms with E-state index in [1.165, 1.54) is 7.05 Å². The van der Waals surface area contributed by atoms with Gasteiger partial charge >= 0.3 is 12.1 Å². The number of amides is 3. The number of ether oxygens (including phenoxy) is 2. The first-order chi connectivity index (χ1) is 19.4. The number of nitrogens with one attached hydrogen (secondary N) is 2. The molecule has 42 heavy (non-hydrogen) atoms. The van der Waals surface area contributed by atoms with E-state index in [-0.39, 0.29) is 6.42 Å². The van der Waals surface area contributed by atoms with Crippen LogP contribution in [0.15, 0.2) is 48.5 Å². The quantitative estimate of drug-likeness (QED) is 0.363. The lowest BCUT2D eigenvalue weighted by atomic mass is 9.96. The number of hydrogen-bond donors (Lipinski definition) is 3. The SMILES string of the molecule is Cc1ccc(C(C(=O)NC(Cc2ccccc2)C(=O)OC(C)(C)C)N(C)C(=O)C(CO)NC(=O)OC(C)(C)C)c(C)c1. The highest BCUT2D eigenvalue weighted by atomic mass is 16.6. The zero-order valence-corrected chi connectivity index (χ0v) is 26.1. The number of aliphatic hydroxyl groups is 1. The van der Waals surface area contributed by atoms with Crippen LogP contribution in [0.3, 0.4) is 0 Å². The Hall–Kier alpha value is -3.92. The molecule has 3 amide bonds. The lowest BCUT2D eigenvalue weighted by Crippen LogP contribution is -2.55. The molecular formula is C32H45N3O7. The van der Waals surface area contributed by atoms with Crippen molar-refractivity contribution < 1.29 is 33.8 Å². The third-order valence-electron chi connectivity index (χ3n) is 6.17. The lowest BCUT2D eigenvalue weighted by Gasteiger charge is -2.33. The van der Waals surface area contributed by atoms with Crippen molar-refractivity contribution in [1.82, 2.24) is 15.5 Å². The van der Waals surface area contributed by atoms with Crippen LogP contribution >= 0.6 is 0 Å². The first-order valence-corrected chi connectivity index (χ1v) is 13.9. The molecule has 0 heterocycles. The largest absolute Gasteiger partial charge is 0.458 e. The zero-order chi connectivity index (χ0) is 31.8. The van der Waals surface area contributed by atoms with Crippen LogP contribution in [0.5, 0.6) is 0 Å². The van der Waals surface area contributed by atoms with E-state index in [4.69, 9.17) is 9.47 Å². The van der Waals surface area contributed by atoms with Crippen LogP contribution in [0.2, 0.25) is 0 Å². The molecular weight excluding hydrogens is 538 g/mol. The Bertz CT molecular complexity index is 1250. The molecule has 2 aromatic rings. The van der Waals surface area contributed by atoms with Crippen molar-refractivity contribution in [3.63, 3.8) is 0 Å². The van der Waals surface area contributed by atoms with Crippen LogP contribution in [0.1, 0.15) is 69.8 Å². The highest BCUT2D eigenvalue weighted by molar-refractivity contribution is 5.94. The second-order valence-corrected chi connectivity index (χ2v) is 12.4. The molecule has 0 fully saturated rings. The topological polar surface area (TPSA) is 134 Å². The normalized spacial score (nSPS) is 13.8. The highest BCUT2D eigenvalue weighted by Crippen LogP contribution is 2.26. The van der Waals surface area contributed by atoms with Crippen LogP contribution < -0.4 is 10.6 Å². The van der Waals surface area contributed by atoms with Gasteiger partial charge in [0.15, 0.2) is 0 Å². The van der Waals surface area contributed by atoms with Crippen LogP contribution in [-0.4, -0.2) is 70.8 Å². The smallest absolute Gasteiger partial charge is 0.408 e. The summed E-state index contributed by atoms with van der Waals surface area (Å²) >= 11 is 0. The number of hydrogen-bond acceptors (Lipinski definition) is 7. The van der Waals surface area contributed by atoms with E-state index < -0.39 is 59.8 Å². The molecule has 2 rings (SSSR count). The van der Waals surface area contributed by atoms with E-state index in [2.05, 4.69) is 10.6 Å². The van der Waals surface area contributed by atoms with Crippen molar-refractivity contribution in [1.29, 1.82) is 0 Å². The molecule has 0 aromatic heterocycles. The van der Waals surface area contributed by atoms with Crippen molar-refractivity contribution in [2.75, 3.05) is 13.7 Å². The third kappa shape index (κ3) is 10.5. The summed E-state index contributed by atoms with van der Waals surface area (Å²) in [7, 11) is 1.41. The summed E-state index contributed by atoms with van der Waals surface area (Å²) in [5, 5.41) is 15.2. The average molecular weight is 584 g/mol. The summed E-state index contributed by atoms with van der Waals surface area (Å²) in [6.07, 6.45) is -0.721. The summed E-state index contributed by atoms with van der Waals surface area (Å²) < 4.78 is 10.9. The van der Waals surface area contributed by atoms with Gasteiger partial charge < -0.3 is 30.1 Å². The lowest BCUT2D eigenvalue weighted by molar-refractivity contribution is -0.159. The van der Waals surface area contributed by atoms with Gasteiger partial charge in [-0.3, -0.25) is 9.59 Å². The monoisotopic (exact) mass is 583 g/mol. The van der Waals surface area contributed by atoms with E-state index in [9.17, 15) is 24.3 Å². The van der Waals surface area contributed by atoms with Gasteiger partial charge in [-0.25, -0.2) is 9.59 Å². The van der Waals surface area contributed by atoms with Gasteiger partial charge in [-0.1, -0.05) is 54.1 Å². The Morgan fingerprint density at radius 3 is 1.98 bits per heavy atom. The molecule has 10 nitrogen and oxygen atoms in total. The molecule has 3 unspecified atom stereocenters. The molecule has 3 atom stereocenters. The minimum atomic E-state index is -1.38. The number of carbonyl (C=O) groups is 4. The van der Waals surface area contributed by atoms with E-state index in [1.807, 2.05) is 56.3 Å². The van der Waals surface area contributed by atoms with E-state index in [0.29, 0.717) is 5.56 Å². The summed E-state index contributed by atoms with van der Waals surface area (Å²) in [5.41, 5.74) is 1.41. The standard InChI is InChI=1S/C32H45N3O7/c1-20-15-16-23(21(2)17-20)26(35(9)28(38)25(19-36)34-30(40)42-32(6,7)8)27(37)33-24(29(39)41-31(3,4)5)18-22-13-11-10-12-14-22/h10-17,24-26,36H,18-19H2,1-9H3,(H,33,37)(H,34,40). The van der Waals surface area contributed by atoms with Crippen LogP contribution in [0.25, 0.3) is 0 Å². The Morgan fingerprint density at radius 1 is 0.857 bits per heavy atom. The van der Waals surface area contributed by atoms with Gasteiger partial charge in [0.05, 0.1) is 6.61 Å². The van der Waals surface area contributed by atoms with Gasteiger partial charge in [0.1, 0.15) is 29.3 Å².